The van der Waals surface area contributed by atoms with Gasteiger partial charge in [0.05, 0.1) is 4.92 Å². The molecule has 0 fully saturated rings. The molecule has 0 spiro atoms. The van der Waals surface area contributed by atoms with Crippen LogP contribution in [0.1, 0.15) is 16.7 Å². The lowest BCUT2D eigenvalue weighted by molar-refractivity contribution is -0.385. The molecule has 0 unspecified atom stereocenters. The molecule has 0 radical (unpaired) electrons. The molecule has 0 atom stereocenters. The summed E-state index contributed by atoms with van der Waals surface area (Å²) in [6, 6.07) is 10.4. The lowest BCUT2D eigenvalue weighted by Gasteiger charge is -2.10. The Kier molecular flexibility index (Phi) is 4.25. The monoisotopic (exact) mass is 291 g/mol. The van der Waals surface area contributed by atoms with E-state index in [4.69, 9.17) is 16.3 Å². The largest absolute Gasteiger partial charge is 0.457 e. The zero-order chi connectivity index (χ0) is 14.7. The van der Waals surface area contributed by atoms with Crippen LogP contribution in [0.4, 0.5) is 5.69 Å². The highest BCUT2D eigenvalue weighted by molar-refractivity contribution is 6.17. The standard InChI is InChI=1S/C15H14ClNO3/c1-10-8-13(4-5-14(10)17(18)19)20-15-6-3-12(9-16)7-11(15)2/h3-8H,9H2,1-2H3. The Morgan fingerprint density at radius 3 is 2.45 bits per heavy atom. The first-order chi connectivity index (χ1) is 9.51. The molecule has 2 aromatic carbocycles. The minimum absolute atomic E-state index is 0.0894. The molecule has 4 nitrogen and oxygen atoms in total. The molecule has 2 aromatic rings. The first-order valence-electron chi connectivity index (χ1n) is 6.09. The molecule has 0 saturated carbocycles. The fraction of sp³-hybridized carbons (Fsp3) is 0.200. The van der Waals surface area contributed by atoms with Crippen molar-refractivity contribution in [3.05, 3.63) is 63.2 Å². The fourth-order valence-electron chi connectivity index (χ4n) is 1.93. The normalized spacial score (nSPS) is 10.3. The lowest BCUT2D eigenvalue weighted by atomic mass is 10.1. The van der Waals surface area contributed by atoms with Gasteiger partial charge < -0.3 is 4.74 Å². The number of aryl methyl sites for hydroxylation is 2. The summed E-state index contributed by atoms with van der Waals surface area (Å²) in [4.78, 5) is 10.4. The molecule has 0 aliphatic rings. The van der Waals surface area contributed by atoms with E-state index in [1.165, 1.54) is 6.07 Å². The minimum Gasteiger partial charge on any atom is -0.457 e. The maximum absolute atomic E-state index is 10.8. The number of rotatable bonds is 4. The van der Waals surface area contributed by atoms with Gasteiger partial charge in [-0.05, 0) is 43.2 Å². The Morgan fingerprint density at radius 1 is 1.15 bits per heavy atom. The van der Waals surface area contributed by atoms with Crippen molar-refractivity contribution in [3.63, 3.8) is 0 Å². The maximum Gasteiger partial charge on any atom is 0.272 e. The molecule has 0 aromatic heterocycles. The van der Waals surface area contributed by atoms with Gasteiger partial charge in [0.2, 0.25) is 0 Å². The summed E-state index contributed by atoms with van der Waals surface area (Å²) >= 11 is 5.77. The van der Waals surface area contributed by atoms with Crippen LogP contribution in [-0.2, 0) is 5.88 Å². The topological polar surface area (TPSA) is 52.4 Å². The Bertz CT molecular complexity index is 656. The summed E-state index contributed by atoms with van der Waals surface area (Å²) in [6.07, 6.45) is 0. The third-order valence-corrected chi connectivity index (χ3v) is 3.30. The van der Waals surface area contributed by atoms with Crippen molar-refractivity contribution in [2.45, 2.75) is 19.7 Å². The van der Waals surface area contributed by atoms with Gasteiger partial charge in [0.1, 0.15) is 11.5 Å². The average molecular weight is 292 g/mol. The fourth-order valence-corrected chi connectivity index (χ4v) is 2.10. The summed E-state index contributed by atoms with van der Waals surface area (Å²) in [5, 5.41) is 10.8. The van der Waals surface area contributed by atoms with Gasteiger partial charge in [-0.3, -0.25) is 10.1 Å². The zero-order valence-corrected chi connectivity index (χ0v) is 12.0. The van der Waals surface area contributed by atoms with Gasteiger partial charge in [0.25, 0.3) is 5.69 Å². The molecular weight excluding hydrogens is 278 g/mol. The maximum atomic E-state index is 10.8. The van der Waals surface area contributed by atoms with Crippen LogP contribution < -0.4 is 4.74 Å². The van der Waals surface area contributed by atoms with Crippen molar-refractivity contribution in [2.24, 2.45) is 0 Å². The van der Waals surface area contributed by atoms with E-state index >= 15 is 0 Å². The molecule has 0 bridgehead atoms. The predicted molar refractivity (Wildman–Crippen MR) is 78.6 cm³/mol. The molecule has 0 heterocycles. The van der Waals surface area contributed by atoms with Gasteiger partial charge in [-0.1, -0.05) is 12.1 Å². The summed E-state index contributed by atoms with van der Waals surface area (Å²) in [7, 11) is 0. The molecule has 2 rings (SSSR count). The molecular formula is C15H14ClNO3. The van der Waals surface area contributed by atoms with E-state index in [0.29, 0.717) is 22.9 Å². The van der Waals surface area contributed by atoms with Gasteiger partial charge >= 0.3 is 0 Å². The molecule has 0 aliphatic heterocycles. The van der Waals surface area contributed by atoms with Gasteiger partial charge in [0, 0.05) is 17.5 Å². The number of benzene rings is 2. The number of nitrogens with zero attached hydrogens (tertiary/aromatic N) is 1. The Labute approximate surface area is 122 Å². The highest BCUT2D eigenvalue weighted by Crippen LogP contribution is 2.29. The quantitative estimate of drug-likeness (QED) is 0.464. The number of hydrogen-bond acceptors (Lipinski definition) is 3. The second kappa shape index (κ2) is 5.92. The highest BCUT2D eigenvalue weighted by Gasteiger charge is 2.11. The van der Waals surface area contributed by atoms with E-state index in [1.54, 1.807) is 19.1 Å². The summed E-state index contributed by atoms with van der Waals surface area (Å²) in [5.41, 5.74) is 2.66. The molecule has 0 aliphatic carbocycles. The molecule has 0 saturated heterocycles. The van der Waals surface area contributed by atoms with E-state index in [0.717, 1.165) is 11.1 Å². The predicted octanol–water partition coefficient (Wildman–Crippen LogP) is 4.74. The van der Waals surface area contributed by atoms with E-state index in [1.807, 2.05) is 25.1 Å². The molecule has 5 heteroatoms. The SMILES string of the molecule is Cc1cc(CCl)ccc1Oc1ccc([N+](=O)[O-])c(C)c1. The van der Waals surface area contributed by atoms with Crippen molar-refractivity contribution >= 4 is 17.3 Å². The van der Waals surface area contributed by atoms with E-state index < -0.39 is 4.92 Å². The van der Waals surface area contributed by atoms with Crippen LogP contribution in [0.2, 0.25) is 0 Å². The van der Waals surface area contributed by atoms with Gasteiger partial charge in [-0.15, -0.1) is 11.6 Å². The van der Waals surface area contributed by atoms with Crippen molar-refractivity contribution in [1.82, 2.24) is 0 Å². The molecule has 20 heavy (non-hydrogen) atoms. The number of halogens is 1. The van der Waals surface area contributed by atoms with Gasteiger partial charge in [-0.25, -0.2) is 0 Å². The number of hydrogen-bond donors (Lipinski definition) is 0. The van der Waals surface area contributed by atoms with Crippen molar-refractivity contribution < 1.29 is 9.66 Å². The number of alkyl halides is 1. The van der Waals surface area contributed by atoms with Crippen LogP contribution in [0.25, 0.3) is 0 Å². The van der Waals surface area contributed by atoms with Crippen molar-refractivity contribution in [3.8, 4) is 11.5 Å². The van der Waals surface area contributed by atoms with Crippen LogP contribution >= 0.6 is 11.6 Å². The third-order valence-electron chi connectivity index (χ3n) is 2.99. The molecule has 0 N–H and O–H groups in total. The van der Waals surface area contributed by atoms with E-state index in [-0.39, 0.29) is 5.69 Å². The third kappa shape index (κ3) is 3.08. The number of nitro groups is 1. The van der Waals surface area contributed by atoms with Crippen molar-refractivity contribution in [1.29, 1.82) is 0 Å². The van der Waals surface area contributed by atoms with Crippen LogP contribution in [0, 0.1) is 24.0 Å². The van der Waals surface area contributed by atoms with Gasteiger partial charge in [0.15, 0.2) is 0 Å². The van der Waals surface area contributed by atoms with Crippen molar-refractivity contribution in [2.75, 3.05) is 0 Å². The second-order valence-corrected chi connectivity index (χ2v) is 4.81. The van der Waals surface area contributed by atoms with Crippen LogP contribution in [0.5, 0.6) is 11.5 Å². The van der Waals surface area contributed by atoms with Crippen LogP contribution in [0.3, 0.4) is 0 Å². The molecule has 0 amide bonds. The summed E-state index contributed by atoms with van der Waals surface area (Å²) in [5.74, 6) is 1.75. The Balaban J connectivity index is 2.26. The summed E-state index contributed by atoms with van der Waals surface area (Å²) < 4.78 is 5.76. The second-order valence-electron chi connectivity index (χ2n) is 4.54. The molecule has 104 valence electrons. The minimum atomic E-state index is -0.403. The van der Waals surface area contributed by atoms with E-state index in [9.17, 15) is 10.1 Å². The zero-order valence-electron chi connectivity index (χ0n) is 11.2. The smallest absolute Gasteiger partial charge is 0.272 e. The number of ether oxygens (including phenoxy) is 1. The Morgan fingerprint density at radius 2 is 1.90 bits per heavy atom. The highest BCUT2D eigenvalue weighted by atomic mass is 35.5. The van der Waals surface area contributed by atoms with E-state index in [2.05, 4.69) is 0 Å². The first kappa shape index (κ1) is 14.3. The number of nitro benzene ring substituents is 1. The Hall–Kier alpha value is -2.07. The lowest BCUT2D eigenvalue weighted by Crippen LogP contribution is -1.93. The van der Waals surface area contributed by atoms with Crippen LogP contribution in [0.15, 0.2) is 36.4 Å². The first-order valence-corrected chi connectivity index (χ1v) is 6.63. The van der Waals surface area contributed by atoms with Gasteiger partial charge in [-0.2, -0.15) is 0 Å². The summed E-state index contributed by atoms with van der Waals surface area (Å²) in [6.45, 7) is 3.62. The average Bonchev–Trinajstić information content (AvgIpc) is 2.40. The van der Waals surface area contributed by atoms with Crippen LogP contribution in [-0.4, -0.2) is 4.92 Å².